The molecule has 0 spiro atoms. The number of ether oxygens (including phenoxy) is 1. The second-order valence-electron chi connectivity index (χ2n) is 6.08. The van der Waals surface area contributed by atoms with Crippen LogP contribution in [0.1, 0.15) is 16.6 Å². The number of azide groups is 1. The van der Waals surface area contributed by atoms with Crippen LogP contribution >= 0.6 is 0 Å². The van der Waals surface area contributed by atoms with Gasteiger partial charge in [0.05, 0.1) is 23.7 Å². The third kappa shape index (κ3) is 3.13. The molecule has 3 rings (SSSR count). The number of hydrogen-bond donors (Lipinski definition) is 5. The van der Waals surface area contributed by atoms with Gasteiger partial charge in [0.25, 0.3) is 5.91 Å². The molecule has 1 aliphatic rings. The maximum Gasteiger partial charge on any atom is 0.251 e. The summed E-state index contributed by atoms with van der Waals surface area (Å²) < 4.78 is 7.08. The summed E-state index contributed by atoms with van der Waals surface area (Å²) in [6, 6.07) is 0. The Morgan fingerprint density at radius 3 is 2.89 bits per heavy atom. The quantitative estimate of drug-likeness (QED) is 0.229. The molecule has 0 aliphatic carbocycles. The maximum atomic E-state index is 11.8. The van der Waals surface area contributed by atoms with Crippen LogP contribution in [0, 0.1) is 5.92 Å². The number of fused-ring (bicyclic) bond motifs is 1. The highest BCUT2D eigenvalue weighted by atomic mass is 16.5. The topological polar surface area (TPSA) is 218 Å². The third-order valence-corrected chi connectivity index (χ3v) is 4.55. The minimum absolute atomic E-state index is 0.0256. The number of amides is 1. The minimum atomic E-state index is -1.32. The Kier molecular flexibility index (Phi) is 5.12. The first-order valence-electron chi connectivity index (χ1n) is 7.94. The predicted molar refractivity (Wildman–Crippen MR) is 91.0 cm³/mol. The molecular formula is C14H18N8O5. The molecule has 0 radical (unpaired) electrons. The second-order valence-corrected chi connectivity index (χ2v) is 6.08. The number of rotatable bonds is 6. The molecule has 2 aromatic heterocycles. The lowest BCUT2D eigenvalue weighted by molar-refractivity contribution is -0.0884. The summed E-state index contributed by atoms with van der Waals surface area (Å²) in [7, 11) is 0. The van der Waals surface area contributed by atoms with Crippen LogP contribution in [-0.4, -0.2) is 67.2 Å². The van der Waals surface area contributed by atoms with Gasteiger partial charge in [-0.15, -0.1) is 0 Å². The van der Waals surface area contributed by atoms with Crippen molar-refractivity contribution < 1.29 is 24.9 Å². The molecule has 1 amide bonds. The highest BCUT2D eigenvalue weighted by Crippen LogP contribution is 2.38. The van der Waals surface area contributed by atoms with Crippen LogP contribution in [0.25, 0.3) is 21.5 Å². The monoisotopic (exact) mass is 378 g/mol. The number of nitrogen functional groups attached to an aromatic ring is 1. The minimum Gasteiger partial charge on any atom is -0.394 e. The predicted octanol–water partition coefficient (Wildman–Crippen LogP) is -1.35. The van der Waals surface area contributed by atoms with E-state index in [2.05, 4.69) is 20.0 Å². The molecule has 0 unspecified atom stereocenters. The Bertz CT molecular complexity index is 910. The van der Waals surface area contributed by atoms with Gasteiger partial charge in [0.15, 0.2) is 6.23 Å². The molecule has 1 aliphatic heterocycles. The molecule has 7 N–H and O–H groups in total. The summed E-state index contributed by atoms with van der Waals surface area (Å²) in [6.45, 7) is -0.792. The van der Waals surface area contributed by atoms with E-state index in [9.17, 15) is 20.1 Å². The summed E-state index contributed by atoms with van der Waals surface area (Å²) in [5, 5.41) is 33.6. The van der Waals surface area contributed by atoms with E-state index < -0.39 is 43.0 Å². The molecule has 0 aromatic carbocycles. The van der Waals surface area contributed by atoms with E-state index in [1.807, 2.05) is 0 Å². The van der Waals surface area contributed by atoms with Crippen LogP contribution in [0.4, 0.5) is 5.82 Å². The molecule has 27 heavy (non-hydrogen) atoms. The molecule has 13 nitrogen and oxygen atoms in total. The van der Waals surface area contributed by atoms with Crippen molar-refractivity contribution in [2.75, 3.05) is 18.9 Å². The number of aliphatic hydroxyl groups is 3. The van der Waals surface area contributed by atoms with Crippen molar-refractivity contribution in [1.82, 2.24) is 14.5 Å². The number of carbonyl (C=O) groups is 1. The molecule has 13 heteroatoms. The lowest BCUT2D eigenvalue weighted by atomic mass is 9.94. The van der Waals surface area contributed by atoms with Gasteiger partial charge in [-0.3, -0.25) is 4.79 Å². The lowest BCUT2D eigenvalue weighted by Gasteiger charge is -2.21. The maximum absolute atomic E-state index is 11.8. The molecule has 2 aromatic rings. The Hall–Kier alpha value is -2.96. The zero-order valence-electron chi connectivity index (χ0n) is 14.0. The fourth-order valence-corrected chi connectivity index (χ4v) is 3.29. The Balaban J connectivity index is 2.09. The first kappa shape index (κ1) is 18.8. The SMILES string of the molecule is [N-]=[N+]=NC[C@@H]1[C@@H](O)[C@H](n2cc(C(N)=O)c3c(N)ncnc32)O[C@@H]1[C@H](O)CO. The van der Waals surface area contributed by atoms with E-state index in [4.69, 9.17) is 21.7 Å². The van der Waals surface area contributed by atoms with Gasteiger partial charge in [-0.1, -0.05) is 5.11 Å². The summed E-state index contributed by atoms with van der Waals surface area (Å²) in [6.07, 6.45) is -2.17. The number of hydrogen-bond acceptors (Lipinski definition) is 9. The van der Waals surface area contributed by atoms with Crippen LogP contribution in [0.3, 0.4) is 0 Å². The molecule has 144 valence electrons. The van der Waals surface area contributed by atoms with Gasteiger partial charge >= 0.3 is 0 Å². The van der Waals surface area contributed by atoms with Crippen molar-refractivity contribution in [2.45, 2.75) is 24.5 Å². The standard InChI is InChI=1S/C14H18N8O5/c15-11-8-6(12(16)26)2-22(13(8)19-4-18-11)14-9(25)5(1-20-21-17)10(27-14)7(24)3-23/h2,4-5,7,9-10,14,23-25H,1,3H2,(H2,16,26)(H2,15,18,19)/t5-,7-,9-,10+,14-/m1/s1. The van der Waals surface area contributed by atoms with Crippen LogP contribution in [0.5, 0.6) is 0 Å². The lowest BCUT2D eigenvalue weighted by Crippen LogP contribution is -2.38. The Labute approximate surface area is 151 Å². The van der Waals surface area contributed by atoms with Crippen LogP contribution in [0.2, 0.25) is 0 Å². The number of aromatic nitrogens is 3. The van der Waals surface area contributed by atoms with Gasteiger partial charge in [-0.05, 0) is 5.53 Å². The summed E-state index contributed by atoms with van der Waals surface area (Å²) in [5.41, 5.74) is 20.0. The third-order valence-electron chi connectivity index (χ3n) is 4.55. The highest BCUT2D eigenvalue weighted by Gasteiger charge is 2.47. The van der Waals surface area contributed by atoms with E-state index in [1.54, 1.807) is 0 Å². The number of nitrogens with zero attached hydrogens (tertiary/aromatic N) is 6. The summed E-state index contributed by atoms with van der Waals surface area (Å²) in [4.78, 5) is 22.3. The van der Waals surface area contributed by atoms with Gasteiger partial charge in [0, 0.05) is 23.6 Å². The van der Waals surface area contributed by atoms with E-state index in [1.165, 1.54) is 17.1 Å². The zero-order chi connectivity index (χ0) is 19.7. The van der Waals surface area contributed by atoms with Crippen molar-refractivity contribution in [3.05, 3.63) is 28.5 Å². The summed E-state index contributed by atoms with van der Waals surface area (Å²) >= 11 is 0. The van der Waals surface area contributed by atoms with Gasteiger partial charge < -0.3 is 36.1 Å². The van der Waals surface area contributed by atoms with E-state index >= 15 is 0 Å². The molecule has 1 saturated heterocycles. The number of aliphatic hydroxyl groups excluding tert-OH is 3. The van der Waals surface area contributed by atoms with Gasteiger partial charge in [-0.25, -0.2) is 9.97 Å². The Morgan fingerprint density at radius 1 is 1.52 bits per heavy atom. The fourth-order valence-electron chi connectivity index (χ4n) is 3.29. The molecule has 3 heterocycles. The smallest absolute Gasteiger partial charge is 0.251 e. The van der Waals surface area contributed by atoms with Gasteiger partial charge in [0.1, 0.15) is 30.0 Å². The van der Waals surface area contributed by atoms with Crippen LogP contribution < -0.4 is 11.5 Å². The van der Waals surface area contributed by atoms with Crippen molar-refractivity contribution in [3.63, 3.8) is 0 Å². The van der Waals surface area contributed by atoms with Crippen molar-refractivity contribution in [2.24, 2.45) is 16.8 Å². The largest absolute Gasteiger partial charge is 0.394 e. The Morgan fingerprint density at radius 2 is 2.26 bits per heavy atom. The normalized spacial score (nSPS) is 26.0. The van der Waals surface area contributed by atoms with Crippen LogP contribution in [-0.2, 0) is 4.74 Å². The molecule has 5 atom stereocenters. The van der Waals surface area contributed by atoms with E-state index in [0.29, 0.717) is 0 Å². The fraction of sp³-hybridized carbons (Fsp3) is 0.500. The highest BCUT2D eigenvalue weighted by molar-refractivity contribution is 6.08. The molecular weight excluding hydrogens is 360 g/mol. The van der Waals surface area contributed by atoms with E-state index in [-0.39, 0.29) is 29.0 Å². The second kappa shape index (κ2) is 7.34. The number of anilines is 1. The molecule has 0 bridgehead atoms. The first-order chi connectivity index (χ1) is 12.9. The number of nitrogens with two attached hydrogens (primary N) is 2. The average Bonchev–Trinajstić information content (AvgIpc) is 3.18. The first-order valence-corrected chi connectivity index (χ1v) is 7.94. The molecule has 1 fully saturated rings. The number of primary amides is 1. The van der Waals surface area contributed by atoms with Crippen molar-refractivity contribution >= 4 is 22.8 Å². The van der Waals surface area contributed by atoms with E-state index in [0.717, 1.165) is 0 Å². The number of carbonyl (C=O) groups excluding carboxylic acids is 1. The van der Waals surface area contributed by atoms with Crippen LogP contribution in [0.15, 0.2) is 17.6 Å². The van der Waals surface area contributed by atoms with Crippen molar-refractivity contribution in [3.8, 4) is 0 Å². The van der Waals surface area contributed by atoms with Crippen molar-refractivity contribution in [1.29, 1.82) is 0 Å². The molecule has 0 saturated carbocycles. The van der Waals surface area contributed by atoms with Gasteiger partial charge in [0.2, 0.25) is 0 Å². The van der Waals surface area contributed by atoms with Gasteiger partial charge in [-0.2, -0.15) is 0 Å². The zero-order valence-corrected chi connectivity index (χ0v) is 14.0. The average molecular weight is 378 g/mol. The summed E-state index contributed by atoms with van der Waals surface area (Å²) in [5.74, 6) is -1.55.